The minimum Gasteiger partial charge on any atom is -0.364 e. The second kappa shape index (κ2) is 10.2. The molecule has 1 aliphatic rings. The number of alkyl halides is 3. The van der Waals surface area contributed by atoms with E-state index in [0.29, 0.717) is 29.8 Å². The summed E-state index contributed by atoms with van der Waals surface area (Å²) in [6.45, 7) is 9.23. The van der Waals surface area contributed by atoms with E-state index in [4.69, 9.17) is 5.26 Å². The molecule has 1 aliphatic heterocycles. The molecule has 3 atom stereocenters. The van der Waals surface area contributed by atoms with Crippen LogP contribution in [0.4, 0.5) is 18.9 Å². The van der Waals surface area contributed by atoms with E-state index in [-0.39, 0.29) is 36.8 Å². The number of pyridine rings is 1. The van der Waals surface area contributed by atoms with Gasteiger partial charge < -0.3 is 14.0 Å². The fraction of sp³-hybridized carbons (Fsp3) is 0.600. The molecule has 3 aromatic heterocycles. The van der Waals surface area contributed by atoms with Crippen molar-refractivity contribution in [3.8, 4) is 6.07 Å². The van der Waals surface area contributed by atoms with E-state index >= 15 is 0 Å². The Labute approximate surface area is 213 Å². The summed E-state index contributed by atoms with van der Waals surface area (Å²) in [5.74, 6) is -0.869. The van der Waals surface area contributed by atoms with Gasteiger partial charge in [0.2, 0.25) is 5.82 Å². The minimum absolute atomic E-state index is 0.0155. The second-order valence-corrected chi connectivity index (χ2v) is 9.54. The maximum Gasteiger partial charge on any atom is 0.449 e. The SMILES string of the molecule is CC[C@H]1CN(C(C)c2cnc(C(F)(F)F)n2CC)[C@H](CC)CN1c1cc(=O)n(C)c2cn(CC#N)nc12. The number of fused-ring (bicyclic) bond motifs is 1. The van der Waals surface area contributed by atoms with Crippen molar-refractivity contribution in [2.75, 3.05) is 18.0 Å². The molecule has 0 radical (unpaired) electrons. The lowest BCUT2D eigenvalue weighted by Crippen LogP contribution is -2.59. The van der Waals surface area contributed by atoms with Crippen molar-refractivity contribution in [2.45, 2.75) is 77.9 Å². The van der Waals surface area contributed by atoms with Gasteiger partial charge in [-0.1, -0.05) is 13.8 Å². The average Bonchev–Trinajstić information content (AvgIpc) is 3.50. The number of anilines is 1. The summed E-state index contributed by atoms with van der Waals surface area (Å²) in [4.78, 5) is 21.0. The third-order valence-electron chi connectivity index (χ3n) is 7.54. The van der Waals surface area contributed by atoms with E-state index in [2.05, 4.69) is 39.8 Å². The van der Waals surface area contributed by atoms with Crippen LogP contribution < -0.4 is 10.5 Å². The van der Waals surface area contributed by atoms with Crippen molar-refractivity contribution in [2.24, 2.45) is 7.05 Å². The van der Waals surface area contributed by atoms with E-state index in [1.54, 1.807) is 26.2 Å². The zero-order chi connectivity index (χ0) is 27.1. The third-order valence-corrected chi connectivity index (χ3v) is 7.54. The molecule has 4 rings (SSSR count). The Kier molecular flexibility index (Phi) is 7.37. The maximum absolute atomic E-state index is 13.5. The highest BCUT2D eigenvalue weighted by Crippen LogP contribution is 2.36. The molecule has 1 unspecified atom stereocenters. The van der Waals surface area contributed by atoms with Crippen LogP contribution in [0.1, 0.15) is 58.1 Å². The molecule has 0 N–H and O–H groups in total. The van der Waals surface area contributed by atoms with E-state index in [1.165, 1.54) is 20.0 Å². The first-order valence-electron chi connectivity index (χ1n) is 12.6. The summed E-state index contributed by atoms with van der Waals surface area (Å²) in [7, 11) is 1.69. The molecule has 9 nitrogen and oxygen atoms in total. The van der Waals surface area contributed by atoms with Crippen LogP contribution in [0.5, 0.6) is 0 Å². The van der Waals surface area contributed by atoms with Crippen LogP contribution in [0.3, 0.4) is 0 Å². The number of aryl methyl sites for hydroxylation is 1. The van der Waals surface area contributed by atoms with E-state index in [0.717, 1.165) is 18.5 Å². The molecule has 4 heterocycles. The van der Waals surface area contributed by atoms with Crippen molar-refractivity contribution in [3.63, 3.8) is 0 Å². The average molecular weight is 519 g/mol. The number of aromatic nitrogens is 5. The van der Waals surface area contributed by atoms with Crippen molar-refractivity contribution >= 4 is 16.7 Å². The molecule has 0 spiro atoms. The van der Waals surface area contributed by atoms with Gasteiger partial charge in [0.05, 0.1) is 35.4 Å². The Morgan fingerprint density at radius 2 is 1.89 bits per heavy atom. The Bertz CT molecular complexity index is 1370. The van der Waals surface area contributed by atoms with Gasteiger partial charge in [-0.3, -0.25) is 14.4 Å². The van der Waals surface area contributed by atoms with Gasteiger partial charge in [-0.2, -0.15) is 23.5 Å². The number of nitriles is 1. The minimum atomic E-state index is -4.51. The van der Waals surface area contributed by atoms with Crippen molar-refractivity contribution in [1.29, 1.82) is 5.26 Å². The highest BCUT2D eigenvalue weighted by atomic mass is 19.4. The number of nitrogens with zero attached hydrogens (tertiary/aromatic N) is 8. The lowest BCUT2D eigenvalue weighted by atomic mass is 9.98. The fourth-order valence-corrected chi connectivity index (χ4v) is 5.52. The third kappa shape index (κ3) is 4.72. The fourth-order valence-electron chi connectivity index (χ4n) is 5.52. The first-order chi connectivity index (χ1) is 17.5. The molecule has 0 aliphatic carbocycles. The van der Waals surface area contributed by atoms with Crippen LogP contribution in [0.15, 0.2) is 23.3 Å². The van der Waals surface area contributed by atoms with Crippen LogP contribution in [-0.2, 0) is 26.3 Å². The lowest BCUT2D eigenvalue weighted by molar-refractivity contribution is -0.147. The molecule has 3 aromatic rings. The highest BCUT2D eigenvalue weighted by Gasteiger charge is 2.40. The van der Waals surface area contributed by atoms with Gasteiger partial charge in [-0.15, -0.1) is 0 Å². The van der Waals surface area contributed by atoms with Gasteiger partial charge in [0, 0.05) is 50.9 Å². The van der Waals surface area contributed by atoms with Crippen molar-refractivity contribution < 1.29 is 13.2 Å². The van der Waals surface area contributed by atoms with Crippen LogP contribution in [0.25, 0.3) is 11.0 Å². The zero-order valence-electron chi connectivity index (χ0n) is 21.8. The number of rotatable bonds is 7. The van der Waals surface area contributed by atoms with Gasteiger partial charge in [0.25, 0.3) is 5.56 Å². The molecule has 0 amide bonds. The molecule has 1 fully saturated rings. The first kappa shape index (κ1) is 26.7. The van der Waals surface area contributed by atoms with E-state index in [1.807, 2.05) is 6.92 Å². The summed E-state index contributed by atoms with van der Waals surface area (Å²) in [5.41, 5.74) is 2.42. The predicted molar refractivity (Wildman–Crippen MR) is 134 cm³/mol. The highest BCUT2D eigenvalue weighted by molar-refractivity contribution is 5.88. The quantitative estimate of drug-likeness (QED) is 0.471. The van der Waals surface area contributed by atoms with E-state index in [9.17, 15) is 18.0 Å². The Morgan fingerprint density at radius 3 is 2.49 bits per heavy atom. The molecule has 200 valence electrons. The Morgan fingerprint density at radius 1 is 1.19 bits per heavy atom. The number of imidazole rings is 1. The smallest absolute Gasteiger partial charge is 0.364 e. The number of halogens is 3. The van der Waals surface area contributed by atoms with Crippen molar-refractivity contribution in [1.82, 2.24) is 28.8 Å². The van der Waals surface area contributed by atoms with Gasteiger partial charge >= 0.3 is 6.18 Å². The Hall–Kier alpha value is -3.33. The molecule has 37 heavy (non-hydrogen) atoms. The number of hydrogen-bond donors (Lipinski definition) is 0. The summed E-state index contributed by atoms with van der Waals surface area (Å²) >= 11 is 0. The summed E-state index contributed by atoms with van der Waals surface area (Å²) in [6.07, 6.45) is 0.104. The van der Waals surface area contributed by atoms with Gasteiger partial charge in [0.1, 0.15) is 12.1 Å². The first-order valence-corrected chi connectivity index (χ1v) is 12.6. The number of piperazine rings is 1. The maximum atomic E-state index is 13.5. The van der Waals surface area contributed by atoms with Gasteiger partial charge in [0.15, 0.2) is 0 Å². The molecule has 1 saturated heterocycles. The summed E-state index contributed by atoms with van der Waals surface area (Å²) < 4.78 is 44.9. The summed E-state index contributed by atoms with van der Waals surface area (Å²) in [5, 5.41) is 13.7. The topological polar surface area (TPSA) is 87.9 Å². The lowest BCUT2D eigenvalue weighted by Gasteiger charge is -2.49. The van der Waals surface area contributed by atoms with Gasteiger partial charge in [-0.05, 0) is 26.7 Å². The van der Waals surface area contributed by atoms with Crippen LogP contribution >= 0.6 is 0 Å². The number of hydrogen-bond acceptors (Lipinski definition) is 6. The molecular weight excluding hydrogens is 485 g/mol. The monoisotopic (exact) mass is 518 g/mol. The molecule has 0 bridgehead atoms. The Balaban J connectivity index is 1.73. The van der Waals surface area contributed by atoms with Gasteiger partial charge in [-0.25, -0.2) is 4.98 Å². The molecule has 12 heteroatoms. The molecule has 0 aromatic carbocycles. The largest absolute Gasteiger partial charge is 0.449 e. The summed E-state index contributed by atoms with van der Waals surface area (Å²) in [6, 6.07) is 3.46. The van der Waals surface area contributed by atoms with Crippen LogP contribution in [-0.4, -0.2) is 54.0 Å². The van der Waals surface area contributed by atoms with Crippen LogP contribution in [0.2, 0.25) is 0 Å². The predicted octanol–water partition coefficient (Wildman–Crippen LogP) is 3.93. The normalized spacial score (nSPS) is 19.9. The van der Waals surface area contributed by atoms with Crippen LogP contribution in [0, 0.1) is 11.3 Å². The van der Waals surface area contributed by atoms with E-state index < -0.39 is 12.0 Å². The second-order valence-electron chi connectivity index (χ2n) is 9.54. The molecule has 0 saturated carbocycles. The zero-order valence-corrected chi connectivity index (χ0v) is 21.8. The standard InChI is InChI=1S/C25H33F3N8O/c1-6-17-14-36(19-11-22(37)32(5)21-15-33(10-9-29)31-23(19)21)18(7-2)13-35(17)16(4)20-12-30-24(25(26,27)28)34(20)8-3/h11-12,15-18H,6-8,10,13-14H2,1-5H3/t16?,17-,18+/m1/s1. The molecular formula is C25H33F3N8O. The van der Waals surface area contributed by atoms with Crippen molar-refractivity contribution in [3.05, 3.63) is 40.3 Å².